The molecule has 3 N–H and O–H groups in total. The minimum absolute atomic E-state index is 0.0541. The van der Waals surface area contributed by atoms with Gasteiger partial charge in [-0.25, -0.2) is 12.7 Å². The van der Waals surface area contributed by atoms with Gasteiger partial charge in [-0.3, -0.25) is 20.0 Å². The van der Waals surface area contributed by atoms with Gasteiger partial charge in [0.25, 0.3) is 5.91 Å². The van der Waals surface area contributed by atoms with E-state index in [0.29, 0.717) is 47.7 Å². The van der Waals surface area contributed by atoms with Crippen LogP contribution in [0, 0.1) is 5.92 Å². The highest BCUT2D eigenvalue weighted by Crippen LogP contribution is 2.52. The Labute approximate surface area is 264 Å². The third-order valence-electron chi connectivity index (χ3n) is 7.95. The number of carbonyl (C=O) groups is 1. The van der Waals surface area contributed by atoms with Gasteiger partial charge >= 0.3 is 6.18 Å². The number of sulfonamides is 1. The van der Waals surface area contributed by atoms with Crippen LogP contribution in [0.4, 0.5) is 18.9 Å². The smallest absolute Gasteiger partial charge is 0.418 e. The molecule has 2 aromatic carbocycles. The topological polar surface area (TPSA) is 138 Å². The van der Waals surface area contributed by atoms with E-state index in [9.17, 15) is 26.4 Å². The number of allylic oxidation sites excluding steroid dienone is 4. The maximum Gasteiger partial charge on any atom is 0.418 e. The van der Waals surface area contributed by atoms with Crippen LogP contribution in [0.2, 0.25) is 0 Å². The van der Waals surface area contributed by atoms with Crippen molar-refractivity contribution in [2.24, 2.45) is 5.92 Å². The molecule has 0 aromatic heterocycles. The van der Waals surface area contributed by atoms with Crippen molar-refractivity contribution in [2.45, 2.75) is 50.5 Å². The van der Waals surface area contributed by atoms with Crippen molar-refractivity contribution in [1.29, 1.82) is 0 Å². The Morgan fingerprint density at radius 3 is 2.50 bits per heavy atom. The molecule has 0 fully saturated rings. The molecule has 2 aromatic rings. The third kappa shape index (κ3) is 6.64. The molecular formula is C31H34F3N3O8S. The Kier molecular flexibility index (Phi) is 10.1. The number of alkyl halides is 3. The molecule has 2 heterocycles. The van der Waals surface area contributed by atoms with Crippen molar-refractivity contribution in [3.63, 3.8) is 0 Å². The standard InChI is InChI=1S/C31H34F3N3O8S/c1-2-20-15-16-22(29-28(20)43-19-44-29)26-21-11-5-8-14-25(21)46(41,42)36(24-13-7-6-12-23(24)31(32,33)34)27(26)30(38)35-17-9-3-4-10-18-45-37(39)40/h5-8,11-16,21,25,39-40H,2-4,9-10,17-19H2,1H3,(H,35,38). The maximum absolute atomic E-state index is 14.4. The molecule has 1 amide bonds. The van der Waals surface area contributed by atoms with Gasteiger partial charge in [0.1, 0.15) is 10.9 Å². The number of hydrogen-bond donors (Lipinski definition) is 3. The average molecular weight is 666 g/mol. The minimum atomic E-state index is -4.93. The molecule has 2 aliphatic heterocycles. The van der Waals surface area contributed by atoms with Crippen LogP contribution in [0.5, 0.6) is 11.5 Å². The van der Waals surface area contributed by atoms with Crippen molar-refractivity contribution >= 4 is 27.2 Å². The van der Waals surface area contributed by atoms with Gasteiger partial charge < -0.3 is 14.8 Å². The second-order valence-corrected chi connectivity index (χ2v) is 12.7. The molecule has 248 valence electrons. The fourth-order valence-corrected chi connectivity index (χ4v) is 7.87. The predicted molar refractivity (Wildman–Crippen MR) is 160 cm³/mol. The molecule has 0 spiro atoms. The van der Waals surface area contributed by atoms with E-state index in [1.165, 1.54) is 18.2 Å². The van der Waals surface area contributed by atoms with Crippen molar-refractivity contribution in [3.05, 3.63) is 83.1 Å². The number of carbonyl (C=O) groups excluding carboxylic acids is 1. The molecular weight excluding hydrogens is 631 g/mol. The number of aryl methyl sites for hydroxylation is 1. The Hall–Kier alpha value is -3.89. The number of unbranched alkanes of at least 4 members (excludes halogenated alkanes) is 3. The van der Waals surface area contributed by atoms with Crippen LogP contribution >= 0.6 is 0 Å². The van der Waals surface area contributed by atoms with Gasteiger partial charge in [0.05, 0.1) is 23.2 Å². The summed E-state index contributed by atoms with van der Waals surface area (Å²) in [5.41, 5.74) is -1.02. The van der Waals surface area contributed by atoms with Gasteiger partial charge in [-0.05, 0) is 37.0 Å². The zero-order valence-electron chi connectivity index (χ0n) is 24.9. The lowest BCUT2D eigenvalue weighted by Crippen LogP contribution is -2.50. The first-order valence-electron chi connectivity index (χ1n) is 14.8. The van der Waals surface area contributed by atoms with Gasteiger partial charge in [0.2, 0.25) is 16.8 Å². The Morgan fingerprint density at radius 1 is 1.04 bits per heavy atom. The number of hydrogen-bond acceptors (Lipinski definition) is 9. The van der Waals surface area contributed by atoms with Gasteiger partial charge in [0, 0.05) is 23.6 Å². The summed E-state index contributed by atoms with van der Waals surface area (Å²) < 4.78 is 83.9. The van der Waals surface area contributed by atoms with Crippen LogP contribution in [0.15, 0.2) is 66.4 Å². The Morgan fingerprint density at radius 2 is 1.76 bits per heavy atom. The number of ether oxygens (including phenoxy) is 2. The second-order valence-electron chi connectivity index (χ2n) is 10.8. The predicted octanol–water partition coefficient (Wildman–Crippen LogP) is 5.36. The lowest BCUT2D eigenvalue weighted by Gasteiger charge is -2.41. The number of para-hydroxylation sites is 1. The van der Waals surface area contributed by atoms with Crippen LogP contribution in [-0.4, -0.2) is 55.3 Å². The number of halogens is 3. The summed E-state index contributed by atoms with van der Waals surface area (Å²) in [6.07, 6.45) is 4.01. The molecule has 2 atom stereocenters. The summed E-state index contributed by atoms with van der Waals surface area (Å²) in [6.45, 7) is 1.95. The van der Waals surface area contributed by atoms with E-state index in [-0.39, 0.29) is 36.7 Å². The van der Waals surface area contributed by atoms with Crippen LogP contribution in [0.25, 0.3) is 5.57 Å². The summed E-state index contributed by atoms with van der Waals surface area (Å²) in [7, 11) is -4.63. The first-order valence-corrected chi connectivity index (χ1v) is 16.3. The first kappa shape index (κ1) is 33.5. The van der Waals surface area contributed by atoms with Gasteiger partial charge in [-0.15, -0.1) is 0 Å². The number of nitrogens with one attached hydrogen (secondary N) is 1. The summed E-state index contributed by atoms with van der Waals surface area (Å²) >= 11 is 0. The SMILES string of the molecule is CCc1ccc(C2=C(C(=O)NCCCCCCON(O)O)N(c3ccccc3C(F)(F)F)S(=O)(=O)C3C=CC=CC23)c2c1OCO2. The zero-order valence-corrected chi connectivity index (χ0v) is 25.7. The molecule has 46 heavy (non-hydrogen) atoms. The largest absolute Gasteiger partial charge is 0.453 e. The molecule has 15 heteroatoms. The van der Waals surface area contributed by atoms with E-state index in [1.807, 2.05) is 6.92 Å². The van der Waals surface area contributed by atoms with E-state index in [1.54, 1.807) is 24.3 Å². The quantitative estimate of drug-likeness (QED) is 0.202. The van der Waals surface area contributed by atoms with Gasteiger partial charge in [0.15, 0.2) is 11.5 Å². The highest BCUT2D eigenvalue weighted by atomic mass is 32.2. The molecule has 0 radical (unpaired) electrons. The molecule has 11 nitrogen and oxygen atoms in total. The number of amides is 1. The van der Waals surface area contributed by atoms with E-state index in [0.717, 1.165) is 23.8 Å². The zero-order chi connectivity index (χ0) is 33.1. The minimum Gasteiger partial charge on any atom is -0.453 e. The Bertz CT molecular complexity index is 1660. The first-order chi connectivity index (χ1) is 22.0. The maximum atomic E-state index is 14.4. The third-order valence-corrected chi connectivity index (χ3v) is 9.98. The lowest BCUT2D eigenvalue weighted by atomic mass is 9.84. The summed E-state index contributed by atoms with van der Waals surface area (Å²) in [5.74, 6) is -1.08. The number of nitrogens with zero attached hydrogens (tertiary/aromatic N) is 2. The van der Waals surface area contributed by atoms with Gasteiger partial charge in [-0.1, -0.05) is 68.3 Å². The van der Waals surface area contributed by atoms with Crippen LogP contribution in [0.3, 0.4) is 0 Å². The second kappa shape index (κ2) is 13.8. The fourth-order valence-electron chi connectivity index (χ4n) is 5.87. The van der Waals surface area contributed by atoms with Crippen LogP contribution < -0.4 is 19.1 Å². The van der Waals surface area contributed by atoms with Crippen molar-refractivity contribution in [3.8, 4) is 11.5 Å². The molecule has 0 bridgehead atoms. The van der Waals surface area contributed by atoms with Crippen LogP contribution in [-0.2, 0) is 32.3 Å². The monoisotopic (exact) mass is 665 g/mol. The van der Waals surface area contributed by atoms with Crippen molar-refractivity contribution < 1.29 is 51.1 Å². The average Bonchev–Trinajstić information content (AvgIpc) is 3.52. The van der Waals surface area contributed by atoms with Crippen molar-refractivity contribution in [1.82, 2.24) is 10.7 Å². The van der Waals surface area contributed by atoms with E-state index in [2.05, 4.69) is 10.2 Å². The number of anilines is 1. The number of benzene rings is 2. The lowest BCUT2D eigenvalue weighted by molar-refractivity contribution is -0.492. The van der Waals surface area contributed by atoms with E-state index >= 15 is 0 Å². The fraction of sp³-hybridized carbons (Fsp3) is 0.387. The number of fused-ring (bicyclic) bond motifs is 2. The summed E-state index contributed by atoms with van der Waals surface area (Å²) in [5, 5.41) is 18.3. The molecule has 2 unspecified atom stereocenters. The summed E-state index contributed by atoms with van der Waals surface area (Å²) in [4.78, 5) is 18.7. The summed E-state index contributed by atoms with van der Waals surface area (Å²) in [6, 6.07) is 7.73. The van der Waals surface area contributed by atoms with E-state index < -0.39 is 50.2 Å². The molecule has 0 saturated carbocycles. The van der Waals surface area contributed by atoms with Gasteiger partial charge in [-0.2, -0.15) is 13.2 Å². The highest BCUT2D eigenvalue weighted by Gasteiger charge is 2.51. The van der Waals surface area contributed by atoms with Crippen LogP contribution in [0.1, 0.15) is 49.3 Å². The number of rotatable bonds is 12. The molecule has 1 aliphatic carbocycles. The normalized spacial score (nSPS) is 19.9. The highest BCUT2D eigenvalue weighted by molar-refractivity contribution is 7.94. The molecule has 0 saturated heterocycles. The van der Waals surface area contributed by atoms with Crippen molar-refractivity contribution in [2.75, 3.05) is 24.2 Å². The Balaban J connectivity index is 1.64. The molecule has 5 rings (SSSR count). The van der Waals surface area contributed by atoms with E-state index in [4.69, 9.17) is 19.9 Å². The molecule has 3 aliphatic rings.